The molecule has 6 heteroatoms. The van der Waals surface area contributed by atoms with Crippen molar-refractivity contribution in [2.75, 3.05) is 18.4 Å². The zero-order valence-corrected chi connectivity index (χ0v) is 12.6. The van der Waals surface area contributed by atoms with Crippen LogP contribution in [0.2, 0.25) is 10.0 Å². The van der Waals surface area contributed by atoms with E-state index in [-0.39, 0.29) is 11.5 Å². The molecule has 0 aliphatic heterocycles. The molecule has 4 nitrogen and oxygen atoms in total. The third-order valence-electron chi connectivity index (χ3n) is 2.73. The molecule has 0 aromatic heterocycles. The zero-order valence-electron chi connectivity index (χ0n) is 11.1. The Balaban J connectivity index is 1.88. The summed E-state index contributed by atoms with van der Waals surface area (Å²) in [6.07, 6.45) is 1.56. The first-order valence-corrected chi connectivity index (χ1v) is 7.02. The standard InChI is InChI=1S/C15H14Cl2N2O2/c16-11-1-3-14(20)10(7-11)9-18-5-6-19-13-8-12(17)2-4-15(13)21/h1-4,7-9,19-21H,5-6H2. The van der Waals surface area contributed by atoms with Crippen molar-refractivity contribution in [2.24, 2.45) is 4.99 Å². The van der Waals surface area contributed by atoms with Crippen LogP contribution >= 0.6 is 23.2 Å². The minimum Gasteiger partial charge on any atom is -0.507 e. The number of hydrogen-bond donors (Lipinski definition) is 3. The maximum atomic E-state index is 9.63. The fraction of sp³-hybridized carbons (Fsp3) is 0.133. The molecule has 2 rings (SSSR count). The van der Waals surface area contributed by atoms with Crippen LogP contribution in [0, 0.1) is 0 Å². The number of nitrogens with one attached hydrogen (secondary N) is 1. The molecule has 0 saturated heterocycles. The smallest absolute Gasteiger partial charge is 0.138 e. The number of phenolic OH excluding ortho intramolecular Hbond substituents is 2. The molecule has 0 amide bonds. The largest absolute Gasteiger partial charge is 0.507 e. The Labute approximate surface area is 132 Å². The molecule has 0 spiro atoms. The molecule has 110 valence electrons. The van der Waals surface area contributed by atoms with Crippen LogP contribution in [0.25, 0.3) is 0 Å². The molecule has 0 unspecified atom stereocenters. The van der Waals surface area contributed by atoms with Crippen molar-refractivity contribution in [1.82, 2.24) is 0 Å². The van der Waals surface area contributed by atoms with E-state index < -0.39 is 0 Å². The average molecular weight is 325 g/mol. The predicted octanol–water partition coefficient (Wildman–Crippen LogP) is 3.94. The fourth-order valence-corrected chi connectivity index (χ4v) is 2.05. The van der Waals surface area contributed by atoms with E-state index in [2.05, 4.69) is 10.3 Å². The predicted molar refractivity (Wildman–Crippen MR) is 87.2 cm³/mol. The maximum absolute atomic E-state index is 9.63. The lowest BCUT2D eigenvalue weighted by Crippen LogP contribution is -2.05. The Morgan fingerprint density at radius 2 is 1.67 bits per heavy atom. The van der Waals surface area contributed by atoms with Gasteiger partial charge in [0.15, 0.2) is 0 Å². The molecule has 0 aliphatic carbocycles. The van der Waals surface area contributed by atoms with Crippen LogP contribution in [-0.4, -0.2) is 29.5 Å². The number of rotatable bonds is 5. The van der Waals surface area contributed by atoms with Crippen molar-refractivity contribution in [3.8, 4) is 11.5 Å². The van der Waals surface area contributed by atoms with Gasteiger partial charge in [0.25, 0.3) is 0 Å². The van der Waals surface area contributed by atoms with Gasteiger partial charge in [0.05, 0.1) is 12.2 Å². The van der Waals surface area contributed by atoms with Gasteiger partial charge in [0.2, 0.25) is 0 Å². The minimum atomic E-state index is 0.128. The average Bonchev–Trinajstić information content (AvgIpc) is 2.45. The number of phenols is 2. The quantitative estimate of drug-likeness (QED) is 0.443. The molecule has 0 heterocycles. The van der Waals surface area contributed by atoms with Crippen LogP contribution in [0.5, 0.6) is 11.5 Å². The summed E-state index contributed by atoms with van der Waals surface area (Å²) in [5.41, 5.74) is 1.12. The van der Waals surface area contributed by atoms with Gasteiger partial charge in [-0.1, -0.05) is 23.2 Å². The summed E-state index contributed by atoms with van der Waals surface area (Å²) in [4.78, 5) is 4.19. The Morgan fingerprint density at radius 3 is 2.43 bits per heavy atom. The normalized spacial score (nSPS) is 11.0. The molecular weight excluding hydrogens is 311 g/mol. The third kappa shape index (κ3) is 4.55. The summed E-state index contributed by atoms with van der Waals surface area (Å²) in [5, 5.41) is 23.4. The second-order valence-corrected chi connectivity index (χ2v) is 5.20. The lowest BCUT2D eigenvalue weighted by Gasteiger charge is -2.07. The molecule has 21 heavy (non-hydrogen) atoms. The number of benzene rings is 2. The second-order valence-electron chi connectivity index (χ2n) is 4.33. The summed E-state index contributed by atoms with van der Waals surface area (Å²) in [6, 6.07) is 9.55. The first-order valence-electron chi connectivity index (χ1n) is 6.27. The third-order valence-corrected chi connectivity index (χ3v) is 3.21. The van der Waals surface area contributed by atoms with Gasteiger partial charge in [-0.3, -0.25) is 4.99 Å². The summed E-state index contributed by atoms with van der Waals surface area (Å²) in [6.45, 7) is 0.990. The van der Waals surface area contributed by atoms with Gasteiger partial charge in [-0.2, -0.15) is 0 Å². The van der Waals surface area contributed by atoms with Gasteiger partial charge in [0, 0.05) is 28.4 Å². The molecule has 0 atom stereocenters. The summed E-state index contributed by atoms with van der Waals surface area (Å²) in [5.74, 6) is 0.263. The SMILES string of the molecule is Oc1ccc(Cl)cc1C=NCCNc1cc(Cl)ccc1O. The number of nitrogens with zero attached hydrogens (tertiary/aromatic N) is 1. The Kier molecular flexibility index (Phi) is 5.31. The van der Waals surface area contributed by atoms with Gasteiger partial charge < -0.3 is 15.5 Å². The topological polar surface area (TPSA) is 64.9 Å². The number of anilines is 1. The highest BCUT2D eigenvalue weighted by atomic mass is 35.5. The van der Waals surface area contributed by atoms with Crippen molar-refractivity contribution < 1.29 is 10.2 Å². The number of aromatic hydroxyl groups is 2. The van der Waals surface area contributed by atoms with E-state index >= 15 is 0 Å². The first-order chi connectivity index (χ1) is 10.1. The Bertz CT molecular complexity index is 660. The summed E-state index contributed by atoms with van der Waals surface area (Å²) >= 11 is 11.7. The van der Waals surface area contributed by atoms with Crippen molar-refractivity contribution in [3.63, 3.8) is 0 Å². The molecule has 2 aromatic rings. The van der Waals surface area contributed by atoms with Crippen LogP contribution in [0.3, 0.4) is 0 Å². The van der Waals surface area contributed by atoms with Gasteiger partial charge in [-0.15, -0.1) is 0 Å². The van der Waals surface area contributed by atoms with Crippen molar-refractivity contribution in [2.45, 2.75) is 0 Å². The first kappa shape index (κ1) is 15.5. The van der Waals surface area contributed by atoms with Crippen LogP contribution in [-0.2, 0) is 0 Å². The van der Waals surface area contributed by atoms with Crippen LogP contribution in [0.1, 0.15) is 5.56 Å². The molecular formula is C15H14Cl2N2O2. The van der Waals surface area contributed by atoms with Gasteiger partial charge in [0.1, 0.15) is 11.5 Å². The highest BCUT2D eigenvalue weighted by molar-refractivity contribution is 6.31. The molecule has 0 fully saturated rings. The highest BCUT2D eigenvalue weighted by Gasteiger charge is 2.01. The fourth-order valence-electron chi connectivity index (χ4n) is 1.70. The molecule has 0 bridgehead atoms. The van der Waals surface area contributed by atoms with E-state index in [1.165, 1.54) is 12.1 Å². The minimum absolute atomic E-state index is 0.128. The second kappa shape index (κ2) is 7.20. The van der Waals surface area contributed by atoms with Crippen LogP contribution < -0.4 is 5.32 Å². The molecule has 0 radical (unpaired) electrons. The summed E-state index contributed by atoms with van der Waals surface area (Å²) < 4.78 is 0. The lowest BCUT2D eigenvalue weighted by molar-refractivity contribution is 0.474. The van der Waals surface area contributed by atoms with Crippen molar-refractivity contribution in [1.29, 1.82) is 0 Å². The van der Waals surface area contributed by atoms with Crippen molar-refractivity contribution in [3.05, 3.63) is 52.0 Å². The van der Waals surface area contributed by atoms with Gasteiger partial charge in [-0.25, -0.2) is 0 Å². The monoisotopic (exact) mass is 324 g/mol. The Morgan fingerprint density at radius 1 is 1.00 bits per heavy atom. The number of hydrogen-bond acceptors (Lipinski definition) is 4. The maximum Gasteiger partial charge on any atom is 0.138 e. The molecule has 0 aliphatic rings. The Hall–Kier alpha value is -1.91. The number of halogens is 2. The van der Waals surface area contributed by atoms with Gasteiger partial charge in [-0.05, 0) is 36.4 Å². The number of aliphatic imine (C=N–C) groups is 1. The van der Waals surface area contributed by atoms with Crippen LogP contribution in [0.15, 0.2) is 41.4 Å². The molecule has 2 aromatic carbocycles. The van der Waals surface area contributed by atoms with E-state index in [9.17, 15) is 10.2 Å². The highest BCUT2D eigenvalue weighted by Crippen LogP contribution is 2.26. The van der Waals surface area contributed by atoms with E-state index in [1.54, 1.807) is 30.5 Å². The van der Waals surface area contributed by atoms with E-state index in [0.29, 0.717) is 34.4 Å². The van der Waals surface area contributed by atoms with Gasteiger partial charge >= 0.3 is 0 Å². The van der Waals surface area contributed by atoms with E-state index in [0.717, 1.165) is 0 Å². The van der Waals surface area contributed by atoms with E-state index in [4.69, 9.17) is 23.2 Å². The van der Waals surface area contributed by atoms with Crippen LogP contribution in [0.4, 0.5) is 5.69 Å². The zero-order chi connectivity index (χ0) is 15.2. The molecule has 0 saturated carbocycles. The van der Waals surface area contributed by atoms with Crippen molar-refractivity contribution >= 4 is 35.1 Å². The summed E-state index contributed by atoms with van der Waals surface area (Å²) in [7, 11) is 0. The van der Waals surface area contributed by atoms with E-state index in [1.807, 2.05) is 0 Å². The molecule has 3 N–H and O–H groups in total. The lowest BCUT2D eigenvalue weighted by atomic mass is 10.2.